The zero-order chi connectivity index (χ0) is 25.2. The quantitative estimate of drug-likeness (QED) is 0.139. The van der Waals surface area contributed by atoms with Crippen molar-refractivity contribution in [2.75, 3.05) is 5.32 Å². The minimum Gasteiger partial charge on any atom is -0.381 e. The van der Waals surface area contributed by atoms with Crippen LogP contribution in [0, 0.1) is 29.1 Å². The molecule has 7 heteroatoms. The van der Waals surface area contributed by atoms with Crippen LogP contribution in [0.2, 0.25) is 0 Å². The van der Waals surface area contributed by atoms with E-state index < -0.39 is 41.2 Å². The van der Waals surface area contributed by atoms with E-state index in [1.165, 1.54) is 5.39 Å². The highest BCUT2D eigenvalue weighted by Gasteiger charge is 2.25. The molecule has 0 aliphatic rings. The summed E-state index contributed by atoms with van der Waals surface area (Å²) < 4.78 is 68.2. The van der Waals surface area contributed by atoms with Gasteiger partial charge in [0.05, 0.1) is 0 Å². The topological polar surface area (TPSA) is 24.1 Å². The summed E-state index contributed by atoms with van der Waals surface area (Å²) >= 11 is 0. The monoisotopic (exact) mass is 492 g/mol. The number of rotatable bonds is 7. The van der Waals surface area contributed by atoms with Crippen molar-refractivity contribution in [2.45, 2.75) is 19.6 Å². The molecular formula is C29H21F5N2. The van der Waals surface area contributed by atoms with Crippen LogP contribution in [-0.2, 0) is 19.6 Å². The number of halogens is 5. The van der Waals surface area contributed by atoms with E-state index in [0.29, 0.717) is 6.54 Å². The molecule has 0 fully saturated rings. The van der Waals surface area contributed by atoms with Gasteiger partial charge in [-0.3, -0.25) is 0 Å². The van der Waals surface area contributed by atoms with Gasteiger partial charge in [-0.05, 0) is 44.8 Å². The lowest BCUT2D eigenvalue weighted by molar-refractivity contribution is 0.367. The lowest BCUT2D eigenvalue weighted by Gasteiger charge is -2.13. The molecule has 0 aliphatic carbocycles. The molecule has 0 unspecified atom stereocenters. The average Bonchev–Trinajstić information content (AvgIpc) is 2.91. The van der Waals surface area contributed by atoms with Crippen LogP contribution in [0.3, 0.4) is 0 Å². The number of fused-ring (bicyclic) bond motifs is 2. The van der Waals surface area contributed by atoms with Crippen molar-refractivity contribution in [1.82, 2.24) is 5.32 Å². The number of anilines is 1. The van der Waals surface area contributed by atoms with E-state index in [2.05, 4.69) is 34.9 Å². The van der Waals surface area contributed by atoms with Gasteiger partial charge >= 0.3 is 0 Å². The maximum absolute atomic E-state index is 14.0. The Morgan fingerprint density at radius 3 is 1.81 bits per heavy atom. The molecule has 0 amide bonds. The van der Waals surface area contributed by atoms with Crippen molar-refractivity contribution in [3.63, 3.8) is 0 Å². The first-order valence-corrected chi connectivity index (χ1v) is 11.4. The zero-order valence-corrected chi connectivity index (χ0v) is 19.0. The Hall–Kier alpha value is -3.97. The summed E-state index contributed by atoms with van der Waals surface area (Å²) in [4.78, 5) is 0. The summed E-state index contributed by atoms with van der Waals surface area (Å²) in [7, 11) is 0. The molecule has 182 valence electrons. The van der Waals surface area contributed by atoms with Gasteiger partial charge in [-0.25, -0.2) is 22.0 Å². The average molecular weight is 492 g/mol. The number of hydrogen-bond donors (Lipinski definition) is 2. The molecule has 0 atom stereocenters. The van der Waals surface area contributed by atoms with Gasteiger partial charge in [-0.1, -0.05) is 66.7 Å². The van der Waals surface area contributed by atoms with Gasteiger partial charge in [0.2, 0.25) is 5.82 Å². The smallest absolute Gasteiger partial charge is 0.200 e. The number of benzene rings is 5. The molecular weight excluding hydrogens is 471 g/mol. The second-order valence-electron chi connectivity index (χ2n) is 8.50. The first-order valence-electron chi connectivity index (χ1n) is 11.4. The maximum atomic E-state index is 14.0. The Morgan fingerprint density at radius 1 is 0.500 bits per heavy atom. The molecule has 2 nitrogen and oxygen atoms in total. The second-order valence-corrected chi connectivity index (χ2v) is 8.50. The zero-order valence-electron chi connectivity index (χ0n) is 19.0. The van der Waals surface area contributed by atoms with Crippen LogP contribution in [0.5, 0.6) is 0 Å². The number of nitrogens with one attached hydrogen (secondary N) is 2. The predicted molar refractivity (Wildman–Crippen MR) is 132 cm³/mol. The lowest BCUT2D eigenvalue weighted by Crippen LogP contribution is -2.17. The van der Waals surface area contributed by atoms with Gasteiger partial charge in [-0.15, -0.1) is 0 Å². The van der Waals surface area contributed by atoms with E-state index in [4.69, 9.17) is 0 Å². The summed E-state index contributed by atoms with van der Waals surface area (Å²) in [5.41, 5.74) is 1.99. The van der Waals surface area contributed by atoms with Crippen LogP contribution in [-0.4, -0.2) is 0 Å². The first-order chi connectivity index (χ1) is 17.4. The lowest BCUT2D eigenvalue weighted by atomic mass is 10.0. The van der Waals surface area contributed by atoms with Crippen molar-refractivity contribution < 1.29 is 22.0 Å². The van der Waals surface area contributed by atoms with Crippen molar-refractivity contribution in [2.24, 2.45) is 0 Å². The molecule has 0 heterocycles. The Bertz CT molecular complexity index is 1550. The molecule has 0 bridgehead atoms. The van der Waals surface area contributed by atoms with Crippen LogP contribution in [0.1, 0.15) is 16.7 Å². The summed E-state index contributed by atoms with van der Waals surface area (Å²) in [5, 5.41) is 10.5. The maximum Gasteiger partial charge on any atom is 0.200 e. The van der Waals surface area contributed by atoms with E-state index in [-0.39, 0.29) is 6.54 Å². The van der Waals surface area contributed by atoms with Crippen LogP contribution < -0.4 is 10.6 Å². The molecule has 5 aromatic rings. The van der Waals surface area contributed by atoms with Crippen LogP contribution in [0.4, 0.5) is 27.6 Å². The third-order valence-corrected chi connectivity index (χ3v) is 6.25. The van der Waals surface area contributed by atoms with Gasteiger partial charge in [0.25, 0.3) is 0 Å². The molecule has 0 saturated heterocycles. The molecule has 36 heavy (non-hydrogen) atoms. The fraction of sp³-hybridized carbons (Fsp3) is 0.103. The molecule has 0 aliphatic heterocycles. The molecule has 0 radical (unpaired) electrons. The van der Waals surface area contributed by atoms with Gasteiger partial charge < -0.3 is 10.6 Å². The summed E-state index contributed by atoms with van der Waals surface area (Å²) in [6, 6.07) is 25.9. The summed E-state index contributed by atoms with van der Waals surface area (Å²) in [5.74, 6) is -9.70. The van der Waals surface area contributed by atoms with E-state index in [0.717, 1.165) is 33.0 Å². The van der Waals surface area contributed by atoms with Gasteiger partial charge in [0, 0.05) is 30.9 Å². The van der Waals surface area contributed by atoms with E-state index in [9.17, 15) is 22.0 Å². The molecule has 0 saturated carbocycles. The van der Waals surface area contributed by atoms with E-state index in [1.807, 2.05) is 54.6 Å². The highest BCUT2D eigenvalue weighted by atomic mass is 19.2. The van der Waals surface area contributed by atoms with Gasteiger partial charge in [-0.2, -0.15) is 0 Å². The fourth-order valence-corrected chi connectivity index (χ4v) is 4.37. The largest absolute Gasteiger partial charge is 0.381 e. The van der Waals surface area contributed by atoms with Crippen molar-refractivity contribution in [3.05, 3.63) is 125 Å². The predicted octanol–water partition coefficient (Wildman–Crippen LogP) is 7.59. The number of hydrogen-bond acceptors (Lipinski definition) is 2. The summed E-state index contributed by atoms with van der Waals surface area (Å²) in [6.07, 6.45) is 0. The normalized spacial score (nSPS) is 11.4. The van der Waals surface area contributed by atoms with Crippen molar-refractivity contribution in [3.8, 4) is 0 Å². The molecule has 0 spiro atoms. The Balaban J connectivity index is 1.34. The van der Waals surface area contributed by atoms with Crippen molar-refractivity contribution in [1.29, 1.82) is 0 Å². The SMILES string of the molecule is Fc1c(F)c(F)c(CNCc2cccc3ccc(NCc4cccc5ccccc45)cc23)c(F)c1F. The van der Waals surface area contributed by atoms with Crippen LogP contribution in [0.15, 0.2) is 78.9 Å². The third-order valence-electron chi connectivity index (χ3n) is 6.25. The molecule has 2 N–H and O–H groups in total. The Kier molecular flexibility index (Phi) is 6.57. The fourth-order valence-electron chi connectivity index (χ4n) is 4.37. The second kappa shape index (κ2) is 9.95. The van der Waals surface area contributed by atoms with Crippen LogP contribution in [0.25, 0.3) is 21.5 Å². The molecule has 5 aromatic carbocycles. The molecule has 0 aromatic heterocycles. The molecule has 5 rings (SSSR count). The van der Waals surface area contributed by atoms with E-state index in [1.54, 1.807) is 0 Å². The van der Waals surface area contributed by atoms with Gasteiger partial charge in [0.15, 0.2) is 23.3 Å². The van der Waals surface area contributed by atoms with Crippen LogP contribution >= 0.6 is 0 Å². The highest BCUT2D eigenvalue weighted by Crippen LogP contribution is 2.26. The standard InChI is InChI=1S/C29H21F5N2/c30-25-24(26(31)28(33)29(34)27(25)32)16-35-14-19-8-4-7-18-11-12-21(13-23(18)19)36-15-20-9-3-6-17-5-1-2-10-22(17)20/h1-13,35-36H,14-16H2. The summed E-state index contributed by atoms with van der Waals surface area (Å²) in [6.45, 7) is 0.276. The minimum absolute atomic E-state index is 0.170. The van der Waals surface area contributed by atoms with Gasteiger partial charge in [0.1, 0.15) is 0 Å². The Labute approximate surface area is 204 Å². The van der Waals surface area contributed by atoms with E-state index >= 15 is 0 Å². The van der Waals surface area contributed by atoms with Crippen molar-refractivity contribution >= 4 is 27.2 Å². The third kappa shape index (κ3) is 4.50. The minimum atomic E-state index is -2.16. The first kappa shape index (κ1) is 23.8. The Morgan fingerprint density at radius 2 is 1.08 bits per heavy atom. The highest BCUT2D eigenvalue weighted by molar-refractivity contribution is 5.89.